The van der Waals surface area contributed by atoms with Gasteiger partial charge in [0.05, 0.1) is 12.3 Å². The second kappa shape index (κ2) is 3.37. The van der Waals surface area contributed by atoms with Gasteiger partial charge >= 0.3 is 0 Å². The molecule has 0 amide bonds. The van der Waals surface area contributed by atoms with Gasteiger partial charge < -0.3 is 9.15 Å². The molecule has 0 aliphatic carbocycles. The zero-order valence-electron chi connectivity index (χ0n) is 6.20. The number of nitrogens with zero attached hydrogens (tertiary/aromatic N) is 1. The molecule has 10 heavy (non-hydrogen) atoms. The molecule has 0 saturated heterocycles. The predicted octanol–water partition coefficient (Wildman–Crippen LogP) is 1.60. The van der Waals surface area contributed by atoms with Gasteiger partial charge in [-0.2, -0.15) is 0 Å². The van der Waals surface area contributed by atoms with Crippen LogP contribution < -0.4 is 0 Å². The molecule has 3 heteroatoms. The van der Waals surface area contributed by atoms with Crippen molar-refractivity contribution in [2.45, 2.75) is 26.6 Å². The fourth-order valence-electron chi connectivity index (χ4n) is 0.562. The summed E-state index contributed by atoms with van der Waals surface area (Å²) in [6.07, 6.45) is 3.38. The molecule has 0 radical (unpaired) electrons. The highest BCUT2D eigenvalue weighted by Gasteiger charge is 1.98. The molecule has 0 spiro atoms. The lowest BCUT2D eigenvalue weighted by Gasteiger charge is -2.02. The van der Waals surface area contributed by atoms with Crippen LogP contribution in [0.1, 0.15) is 19.7 Å². The molecule has 0 aliphatic heterocycles. The molecular formula is C7H11NO2. The van der Waals surface area contributed by atoms with E-state index in [-0.39, 0.29) is 6.10 Å². The third kappa shape index (κ3) is 2.19. The SMILES string of the molecule is CC(C)OCc1ncco1. The second-order valence-corrected chi connectivity index (χ2v) is 2.29. The lowest BCUT2D eigenvalue weighted by molar-refractivity contribution is 0.0517. The number of rotatable bonds is 3. The van der Waals surface area contributed by atoms with Crippen LogP contribution >= 0.6 is 0 Å². The van der Waals surface area contributed by atoms with Gasteiger partial charge in [-0.1, -0.05) is 0 Å². The van der Waals surface area contributed by atoms with Crippen LogP contribution in [0.3, 0.4) is 0 Å². The Balaban J connectivity index is 2.28. The first-order valence-corrected chi connectivity index (χ1v) is 3.29. The number of oxazole rings is 1. The van der Waals surface area contributed by atoms with Crippen LogP contribution in [0.4, 0.5) is 0 Å². The van der Waals surface area contributed by atoms with Gasteiger partial charge in [0, 0.05) is 0 Å². The van der Waals surface area contributed by atoms with Crippen molar-refractivity contribution in [2.75, 3.05) is 0 Å². The maximum atomic E-state index is 5.23. The third-order valence-corrected chi connectivity index (χ3v) is 1.02. The zero-order chi connectivity index (χ0) is 7.40. The molecule has 0 fully saturated rings. The van der Waals surface area contributed by atoms with Gasteiger partial charge in [-0.3, -0.25) is 0 Å². The highest BCUT2D eigenvalue weighted by atomic mass is 16.5. The van der Waals surface area contributed by atoms with Crippen LogP contribution in [0.5, 0.6) is 0 Å². The van der Waals surface area contributed by atoms with Crippen molar-refractivity contribution in [2.24, 2.45) is 0 Å². The maximum Gasteiger partial charge on any atom is 0.219 e. The van der Waals surface area contributed by atoms with E-state index in [1.165, 1.54) is 0 Å². The largest absolute Gasteiger partial charge is 0.446 e. The molecule has 0 N–H and O–H groups in total. The molecule has 56 valence electrons. The molecule has 1 aromatic rings. The topological polar surface area (TPSA) is 35.3 Å². The van der Waals surface area contributed by atoms with E-state index in [1.54, 1.807) is 12.5 Å². The van der Waals surface area contributed by atoms with E-state index in [2.05, 4.69) is 4.98 Å². The monoisotopic (exact) mass is 141 g/mol. The van der Waals surface area contributed by atoms with Gasteiger partial charge in [0.15, 0.2) is 0 Å². The van der Waals surface area contributed by atoms with Crippen LogP contribution in [0.25, 0.3) is 0 Å². The van der Waals surface area contributed by atoms with Gasteiger partial charge in [-0.05, 0) is 13.8 Å². The van der Waals surface area contributed by atoms with Crippen LogP contribution in [0.15, 0.2) is 16.9 Å². The first-order valence-electron chi connectivity index (χ1n) is 3.29. The average molecular weight is 141 g/mol. The van der Waals surface area contributed by atoms with Crippen molar-refractivity contribution in [3.8, 4) is 0 Å². The van der Waals surface area contributed by atoms with E-state index < -0.39 is 0 Å². The van der Waals surface area contributed by atoms with Gasteiger partial charge in [0.2, 0.25) is 5.89 Å². The summed E-state index contributed by atoms with van der Waals surface area (Å²) in [4.78, 5) is 3.90. The molecule has 1 rings (SSSR count). The van der Waals surface area contributed by atoms with E-state index in [0.29, 0.717) is 12.5 Å². The summed E-state index contributed by atoms with van der Waals surface area (Å²) in [5.41, 5.74) is 0. The van der Waals surface area contributed by atoms with Crippen molar-refractivity contribution in [3.05, 3.63) is 18.4 Å². The van der Waals surface area contributed by atoms with Crippen molar-refractivity contribution in [1.29, 1.82) is 0 Å². The zero-order valence-corrected chi connectivity index (χ0v) is 6.20. The number of hydrogen-bond acceptors (Lipinski definition) is 3. The molecule has 1 heterocycles. The lowest BCUT2D eigenvalue weighted by Crippen LogP contribution is -2.01. The summed E-state index contributed by atoms with van der Waals surface area (Å²) >= 11 is 0. The summed E-state index contributed by atoms with van der Waals surface area (Å²) < 4.78 is 10.2. The van der Waals surface area contributed by atoms with Crippen LogP contribution in [0, 0.1) is 0 Å². The predicted molar refractivity (Wildman–Crippen MR) is 36.4 cm³/mol. The second-order valence-electron chi connectivity index (χ2n) is 2.29. The van der Waals surface area contributed by atoms with Crippen molar-refractivity contribution >= 4 is 0 Å². The Bertz CT molecular complexity index is 170. The summed E-state index contributed by atoms with van der Waals surface area (Å²) in [6.45, 7) is 4.41. The number of hydrogen-bond donors (Lipinski definition) is 0. The van der Waals surface area contributed by atoms with E-state index in [0.717, 1.165) is 0 Å². The molecule has 0 aliphatic rings. The summed E-state index contributed by atoms with van der Waals surface area (Å²) in [6, 6.07) is 0. The lowest BCUT2D eigenvalue weighted by atomic mass is 10.5. The van der Waals surface area contributed by atoms with Crippen molar-refractivity contribution in [1.82, 2.24) is 4.98 Å². The Hall–Kier alpha value is -0.830. The van der Waals surface area contributed by atoms with Crippen molar-refractivity contribution in [3.63, 3.8) is 0 Å². The first-order chi connectivity index (χ1) is 4.79. The first kappa shape index (κ1) is 7.28. The Morgan fingerprint density at radius 2 is 2.50 bits per heavy atom. The molecule has 0 unspecified atom stereocenters. The molecule has 0 saturated carbocycles. The number of ether oxygens (including phenoxy) is 1. The minimum atomic E-state index is 0.229. The Morgan fingerprint density at radius 1 is 1.70 bits per heavy atom. The van der Waals surface area contributed by atoms with E-state index in [9.17, 15) is 0 Å². The summed E-state index contributed by atoms with van der Waals surface area (Å²) in [5, 5.41) is 0. The number of aromatic nitrogens is 1. The Kier molecular flexibility index (Phi) is 2.45. The normalized spacial score (nSPS) is 10.7. The van der Waals surface area contributed by atoms with Crippen molar-refractivity contribution < 1.29 is 9.15 Å². The summed E-state index contributed by atoms with van der Waals surface area (Å²) in [5.74, 6) is 0.633. The molecule has 0 aromatic carbocycles. The van der Waals surface area contributed by atoms with Gasteiger partial charge in [0.1, 0.15) is 12.9 Å². The van der Waals surface area contributed by atoms with Crippen LogP contribution in [-0.2, 0) is 11.3 Å². The smallest absolute Gasteiger partial charge is 0.219 e. The van der Waals surface area contributed by atoms with Gasteiger partial charge in [-0.25, -0.2) is 4.98 Å². The van der Waals surface area contributed by atoms with Gasteiger partial charge in [0.25, 0.3) is 0 Å². The van der Waals surface area contributed by atoms with E-state index in [4.69, 9.17) is 9.15 Å². The van der Waals surface area contributed by atoms with E-state index in [1.807, 2.05) is 13.8 Å². The quantitative estimate of drug-likeness (QED) is 0.641. The summed E-state index contributed by atoms with van der Waals surface area (Å²) in [7, 11) is 0. The maximum absolute atomic E-state index is 5.23. The Labute approximate surface area is 60.0 Å². The highest BCUT2D eigenvalue weighted by molar-refractivity contribution is 4.76. The van der Waals surface area contributed by atoms with Crippen LogP contribution in [-0.4, -0.2) is 11.1 Å². The molecular weight excluding hydrogens is 130 g/mol. The average Bonchev–Trinajstić information content (AvgIpc) is 2.34. The molecule has 3 nitrogen and oxygen atoms in total. The standard InChI is InChI=1S/C7H11NO2/c1-6(2)10-5-7-8-3-4-9-7/h3-4,6H,5H2,1-2H3. The van der Waals surface area contributed by atoms with Crippen LogP contribution in [0.2, 0.25) is 0 Å². The highest BCUT2D eigenvalue weighted by Crippen LogP contribution is 1.99. The fraction of sp³-hybridized carbons (Fsp3) is 0.571. The molecule has 1 aromatic heterocycles. The molecule has 0 bridgehead atoms. The minimum Gasteiger partial charge on any atom is -0.446 e. The fourth-order valence-corrected chi connectivity index (χ4v) is 0.562. The van der Waals surface area contributed by atoms with Gasteiger partial charge in [-0.15, -0.1) is 0 Å². The molecule has 0 atom stereocenters. The van der Waals surface area contributed by atoms with E-state index >= 15 is 0 Å². The third-order valence-electron chi connectivity index (χ3n) is 1.02. The Morgan fingerprint density at radius 3 is 3.00 bits per heavy atom. The minimum absolute atomic E-state index is 0.229.